The van der Waals surface area contributed by atoms with Crippen LogP contribution in [0.1, 0.15) is 39.3 Å². The fourth-order valence-corrected chi connectivity index (χ4v) is 2.51. The average molecular weight is 386 g/mol. The number of aromatic nitrogens is 2. The summed E-state index contributed by atoms with van der Waals surface area (Å²) < 4.78 is 18.6. The summed E-state index contributed by atoms with van der Waals surface area (Å²) >= 11 is 11.9. The van der Waals surface area contributed by atoms with Crippen molar-refractivity contribution in [3.8, 4) is 0 Å². The van der Waals surface area contributed by atoms with Crippen molar-refractivity contribution in [1.29, 1.82) is 0 Å². The molecule has 1 atom stereocenters. The van der Waals surface area contributed by atoms with Gasteiger partial charge in [0.25, 0.3) is 0 Å². The van der Waals surface area contributed by atoms with E-state index in [-0.39, 0.29) is 22.1 Å². The van der Waals surface area contributed by atoms with E-state index >= 15 is 0 Å². The maximum absolute atomic E-state index is 13.2. The van der Waals surface area contributed by atoms with E-state index in [9.17, 15) is 9.18 Å². The second kappa shape index (κ2) is 7.54. The number of benzene rings is 1. The lowest BCUT2D eigenvalue weighted by molar-refractivity contribution is 0.0565. The van der Waals surface area contributed by atoms with Gasteiger partial charge in [0.05, 0.1) is 6.04 Å². The second-order valence-corrected chi connectivity index (χ2v) is 7.17. The number of hydrogen-bond donors (Lipinski definition) is 0. The molecule has 5 nitrogen and oxygen atoms in total. The van der Waals surface area contributed by atoms with Crippen LogP contribution in [0, 0.1) is 5.82 Å². The normalized spacial score (nSPS) is 12.6. The maximum Gasteiger partial charge on any atom is 0.417 e. The summed E-state index contributed by atoms with van der Waals surface area (Å²) in [6.07, 6.45) is -0.664. The van der Waals surface area contributed by atoms with Gasteiger partial charge in [0.15, 0.2) is 0 Å². The predicted molar refractivity (Wildman–Crippen MR) is 95.6 cm³/mol. The van der Waals surface area contributed by atoms with Gasteiger partial charge in [-0.1, -0.05) is 35.3 Å². The Hall–Kier alpha value is -1.92. The summed E-state index contributed by atoms with van der Waals surface area (Å²) in [6, 6.07) is 6.59. The quantitative estimate of drug-likeness (QED) is 0.661. The zero-order valence-electron chi connectivity index (χ0n) is 14.3. The van der Waals surface area contributed by atoms with E-state index in [4.69, 9.17) is 27.9 Å². The Morgan fingerprint density at radius 1 is 1.16 bits per heavy atom. The summed E-state index contributed by atoms with van der Waals surface area (Å²) in [6.45, 7) is 6.99. The first-order valence-corrected chi connectivity index (χ1v) is 8.30. The van der Waals surface area contributed by atoms with Crippen LogP contribution in [0.2, 0.25) is 10.3 Å². The molecule has 0 aliphatic heterocycles. The third kappa shape index (κ3) is 5.28. The van der Waals surface area contributed by atoms with Crippen LogP contribution in [0.3, 0.4) is 0 Å². The summed E-state index contributed by atoms with van der Waals surface area (Å²) in [5.74, 6) is -0.370. The molecular weight excluding hydrogens is 368 g/mol. The van der Waals surface area contributed by atoms with Crippen LogP contribution < -0.4 is 4.90 Å². The van der Waals surface area contributed by atoms with Crippen molar-refractivity contribution in [3.05, 3.63) is 52.0 Å². The van der Waals surface area contributed by atoms with E-state index in [0.29, 0.717) is 5.56 Å². The molecule has 0 unspecified atom stereocenters. The molecule has 1 aromatic heterocycles. The van der Waals surface area contributed by atoms with E-state index < -0.39 is 17.7 Å². The summed E-state index contributed by atoms with van der Waals surface area (Å²) in [5, 5.41) is 0.185. The minimum atomic E-state index is -0.722. The van der Waals surface area contributed by atoms with Gasteiger partial charge in [-0.25, -0.2) is 24.1 Å². The van der Waals surface area contributed by atoms with Crippen LogP contribution >= 0.6 is 23.2 Å². The number of nitrogens with zero attached hydrogens (tertiary/aromatic N) is 3. The van der Waals surface area contributed by atoms with Crippen molar-refractivity contribution in [2.45, 2.75) is 39.3 Å². The average Bonchev–Trinajstić information content (AvgIpc) is 2.45. The van der Waals surface area contributed by atoms with Crippen LogP contribution in [0.4, 0.5) is 15.1 Å². The number of carbonyl (C=O) groups excluding carboxylic acids is 1. The molecule has 0 saturated heterocycles. The molecule has 0 aliphatic rings. The molecule has 0 spiro atoms. The molecule has 2 rings (SSSR count). The molecular formula is C17H18Cl2FN3O2. The van der Waals surface area contributed by atoms with Crippen molar-refractivity contribution in [2.24, 2.45) is 0 Å². The summed E-state index contributed by atoms with van der Waals surface area (Å²) in [4.78, 5) is 22.1. The van der Waals surface area contributed by atoms with E-state index in [1.807, 2.05) is 0 Å². The first kappa shape index (κ1) is 19.4. The topological polar surface area (TPSA) is 55.3 Å². The Kier molecular flexibility index (Phi) is 5.85. The molecule has 2 aromatic rings. The minimum Gasteiger partial charge on any atom is -0.443 e. The van der Waals surface area contributed by atoms with Crippen LogP contribution in [-0.4, -0.2) is 21.7 Å². The number of ether oxygens (including phenoxy) is 1. The van der Waals surface area contributed by atoms with Gasteiger partial charge in [-0.15, -0.1) is 0 Å². The third-order valence-corrected chi connectivity index (χ3v) is 3.58. The highest BCUT2D eigenvalue weighted by atomic mass is 35.5. The predicted octanol–water partition coefficient (Wildman–Crippen LogP) is 5.43. The Balaban J connectivity index is 2.47. The van der Waals surface area contributed by atoms with Gasteiger partial charge in [-0.2, -0.15) is 0 Å². The van der Waals surface area contributed by atoms with Gasteiger partial charge in [0, 0.05) is 6.07 Å². The molecule has 1 amide bonds. The highest BCUT2D eigenvalue weighted by Crippen LogP contribution is 2.28. The first-order valence-electron chi connectivity index (χ1n) is 7.54. The molecule has 0 radical (unpaired) electrons. The molecule has 1 aromatic carbocycles. The molecule has 134 valence electrons. The fourth-order valence-electron chi connectivity index (χ4n) is 2.10. The van der Waals surface area contributed by atoms with Gasteiger partial charge >= 0.3 is 6.09 Å². The molecule has 0 fully saturated rings. The number of hydrogen-bond acceptors (Lipinski definition) is 4. The zero-order valence-corrected chi connectivity index (χ0v) is 15.8. The molecule has 0 aliphatic carbocycles. The number of amides is 1. The SMILES string of the molecule is C[C@@H](c1ccc(F)cc1)N(C(=O)OC(C)(C)C)c1nc(Cl)cc(Cl)n1. The van der Waals surface area contributed by atoms with Crippen molar-refractivity contribution >= 4 is 35.2 Å². The highest BCUT2D eigenvalue weighted by Gasteiger charge is 2.30. The van der Waals surface area contributed by atoms with Crippen molar-refractivity contribution in [3.63, 3.8) is 0 Å². The van der Waals surface area contributed by atoms with Crippen LogP contribution in [-0.2, 0) is 4.74 Å². The van der Waals surface area contributed by atoms with Gasteiger partial charge in [-0.05, 0) is 45.4 Å². The molecule has 8 heteroatoms. The molecule has 1 heterocycles. The summed E-state index contributed by atoms with van der Waals surface area (Å²) in [7, 11) is 0. The lowest BCUT2D eigenvalue weighted by Gasteiger charge is -2.30. The molecule has 0 saturated carbocycles. The van der Waals surface area contributed by atoms with Gasteiger partial charge in [0.1, 0.15) is 21.7 Å². The smallest absolute Gasteiger partial charge is 0.417 e. The van der Waals surface area contributed by atoms with Gasteiger partial charge in [-0.3, -0.25) is 0 Å². The molecule has 0 N–H and O–H groups in total. The number of anilines is 1. The highest BCUT2D eigenvalue weighted by molar-refractivity contribution is 6.33. The maximum atomic E-state index is 13.2. The number of carbonyl (C=O) groups is 1. The Morgan fingerprint density at radius 3 is 2.16 bits per heavy atom. The Morgan fingerprint density at radius 2 is 1.68 bits per heavy atom. The largest absolute Gasteiger partial charge is 0.443 e. The monoisotopic (exact) mass is 385 g/mol. The van der Waals surface area contributed by atoms with Crippen LogP contribution in [0.5, 0.6) is 0 Å². The summed E-state index contributed by atoms with van der Waals surface area (Å²) in [5.41, 5.74) is -0.0489. The lowest BCUT2D eigenvalue weighted by atomic mass is 10.1. The van der Waals surface area contributed by atoms with Crippen LogP contribution in [0.25, 0.3) is 0 Å². The number of rotatable bonds is 3. The first-order chi connectivity index (χ1) is 11.6. The molecule has 25 heavy (non-hydrogen) atoms. The second-order valence-electron chi connectivity index (χ2n) is 6.39. The standard InChI is InChI=1S/C17H18Cl2FN3O2/c1-10(11-5-7-12(20)8-6-11)23(16(24)25-17(2,3)4)15-21-13(18)9-14(19)22-15/h5-10H,1-4H3/t10-/m0/s1. The van der Waals surface area contributed by atoms with E-state index in [0.717, 1.165) is 0 Å². The van der Waals surface area contributed by atoms with E-state index in [2.05, 4.69) is 9.97 Å². The van der Waals surface area contributed by atoms with Gasteiger partial charge < -0.3 is 4.74 Å². The Labute approximate surface area is 155 Å². The van der Waals surface area contributed by atoms with Crippen molar-refractivity contribution < 1.29 is 13.9 Å². The fraction of sp³-hybridized carbons (Fsp3) is 0.353. The third-order valence-electron chi connectivity index (χ3n) is 3.20. The van der Waals surface area contributed by atoms with Crippen molar-refractivity contribution in [2.75, 3.05) is 4.90 Å². The zero-order chi connectivity index (χ0) is 18.8. The minimum absolute atomic E-state index is 0.00331. The lowest BCUT2D eigenvalue weighted by Crippen LogP contribution is -2.39. The Bertz CT molecular complexity index is 743. The number of halogens is 3. The van der Waals surface area contributed by atoms with Gasteiger partial charge in [0.2, 0.25) is 5.95 Å². The van der Waals surface area contributed by atoms with Crippen LogP contribution in [0.15, 0.2) is 30.3 Å². The van der Waals surface area contributed by atoms with E-state index in [1.165, 1.54) is 23.1 Å². The van der Waals surface area contributed by atoms with E-state index in [1.54, 1.807) is 39.8 Å². The van der Waals surface area contributed by atoms with Crippen molar-refractivity contribution in [1.82, 2.24) is 9.97 Å². The molecule has 0 bridgehead atoms.